The van der Waals surface area contributed by atoms with Crippen molar-refractivity contribution in [3.8, 4) is 0 Å². The third-order valence-electron chi connectivity index (χ3n) is 2.89. The molecule has 0 aromatic rings. The Hall–Kier alpha value is -0.300. The van der Waals surface area contributed by atoms with Gasteiger partial charge in [-0.25, -0.2) is 0 Å². The maximum Gasteiger partial charge on any atom is 0.0844 e. The number of fused-ring (bicyclic) bond motifs is 1. The van der Waals surface area contributed by atoms with Crippen molar-refractivity contribution in [2.45, 2.75) is 44.3 Å². The molecule has 0 aromatic carbocycles. The summed E-state index contributed by atoms with van der Waals surface area (Å²) in [5, 5.41) is 0. The molecule has 0 amide bonds. The standard InChI is InChI=1S/C10H16O/c1-2-3-4-8-5-6-9-10(7-8)11-9/h2,8-10H,1,3-7H2. The molecule has 3 unspecified atom stereocenters. The lowest BCUT2D eigenvalue weighted by molar-refractivity contribution is 0.353. The van der Waals surface area contributed by atoms with Gasteiger partial charge in [0, 0.05) is 0 Å². The quantitative estimate of drug-likeness (QED) is 0.447. The van der Waals surface area contributed by atoms with Gasteiger partial charge in [0.05, 0.1) is 12.2 Å². The number of epoxide rings is 1. The van der Waals surface area contributed by atoms with E-state index in [9.17, 15) is 0 Å². The Kier molecular flexibility index (Phi) is 1.99. The summed E-state index contributed by atoms with van der Waals surface area (Å²) in [5.41, 5.74) is 0. The molecule has 0 N–H and O–H groups in total. The maximum atomic E-state index is 5.46. The second kappa shape index (κ2) is 2.98. The summed E-state index contributed by atoms with van der Waals surface area (Å²) in [6.45, 7) is 3.74. The highest BCUT2D eigenvalue weighted by molar-refractivity contribution is 4.92. The van der Waals surface area contributed by atoms with E-state index in [0.717, 1.165) is 5.92 Å². The Morgan fingerprint density at radius 2 is 2.27 bits per heavy atom. The third-order valence-corrected chi connectivity index (χ3v) is 2.89. The lowest BCUT2D eigenvalue weighted by Gasteiger charge is -2.17. The summed E-state index contributed by atoms with van der Waals surface area (Å²) < 4.78 is 5.46. The molecule has 2 rings (SSSR count). The fraction of sp³-hybridized carbons (Fsp3) is 0.800. The normalized spacial score (nSPS) is 41.3. The first kappa shape index (κ1) is 7.35. The zero-order valence-electron chi connectivity index (χ0n) is 6.96. The number of hydrogen-bond donors (Lipinski definition) is 0. The fourth-order valence-corrected chi connectivity index (χ4v) is 2.10. The molecular formula is C10H16O. The molecule has 1 heteroatoms. The van der Waals surface area contributed by atoms with Gasteiger partial charge < -0.3 is 4.74 Å². The molecule has 0 spiro atoms. The van der Waals surface area contributed by atoms with Crippen molar-refractivity contribution in [2.24, 2.45) is 5.92 Å². The SMILES string of the molecule is C=CCCC1CCC2OC2C1. The summed E-state index contributed by atoms with van der Waals surface area (Å²) in [6.07, 6.45) is 9.87. The van der Waals surface area contributed by atoms with Gasteiger partial charge in [0.15, 0.2) is 0 Å². The summed E-state index contributed by atoms with van der Waals surface area (Å²) in [4.78, 5) is 0. The van der Waals surface area contributed by atoms with Gasteiger partial charge in [-0.2, -0.15) is 0 Å². The molecular weight excluding hydrogens is 136 g/mol. The number of ether oxygens (including phenoxy) is 1. The molecule has 1 saturated heterocycles. The number of hydrogen-bond acceptors (Lipinski definition) is 1. The minimum Gasteiger partial charge on any atom is -0.370 e. The first-order chi connectivity index (χ1) is 5.40. The van der Waals surface area contributed by atoms with Crippen LogP contribution in [0, 0.1) is 5.92 Å². The van der Waals surface area contributed by atoms with Crippen molar-refractivity contribution in [3.05, 3.63) is 12.7 Å². The summed E-state index contributed by atoms with van der Waals surface area (Å²) in [7, 11) is 0. The molecule has 1 saturated carbocycles. The van der Waals surface area contributed by atoms with Crippen LogP contribution in [0.4, 0.5) is 0 Å². The van der Waals surface area contributed by atoms with E-state index in [0.29, 0.717) is 12.2 Å². The molecule has 0 radical (unpaired) electrons. The molecule has 1 aliphatic carbocycles. The van der Waals surface area contributed by atoms with Crippen LogP contribution in [0.1, 0.15) is 32.1 Å². The molecule has 1 aliphatic heterocycles. The topological polar surface area (TPSA) is 12.5 Å². The van der Waals surface area contributed by atoms with Gasteiger partial charge >= 0.3 is 0 Å². The van der Waals surface area contributed by atoms with E-state index in [-0.39, 0.29) is 0 Å². The van der Waals surface area contributed by atoms with Crippen molar-refractivity contribution in [2.75, 3.05) is 0 Å². The summed E-state index contributed by atoms with van der Waals surface area (Å²) >= 11 is 0. The average molecular weight is 152 g/mol. The van der Waals surface area contributed by atoms with Crippen LogP contribution in [0.2, 0.25) is 0 Å². The van der Waals surface area contributed by atoms with Crippen molar-refractivity contribution in [1.82, 2.24) is 0 Å². The van der Waals surface area contributed by atoms with Crippen molar-refractivity contribution < 1.29 is 4.74 Å². The predicted molar refractivity (Wildman–Crippen MR) is 45.4 cm³/mol. The highest BCUT2D eigenvalue weighted by Crippen LogP contribution is 2.40. The Bertz CT molecular complexity index is 153. The van der Waals surface area contributed by atoms with Gasteiger partial charge in [-0.05, 0) is 38.0 Å². The van der Waals surface area contributed by atoms with Crippen LogP contribution < -0.4 is 0 Å². The zero-order valence-corrected chi connectivity index (χ0v) is 6.96. The zero-order chi connectivity index (χ0) is 7.68. The van der Waals surface area contributed by atoms with E-state index >= 15 is 0 Å². The Labute approximate surface area is 68.4 Å². The lowest BCUT2D eigenvalue weighted by atomic mass is 9.86. The lowest BCUT2D eigenvalue weighted by Crippen LogP contribution is -2.12. The monoisotopic (exact) mass is 152 g/mol. The molecule has 0 bridgehead atoms. The van der Waals surface area contributed by atoms with E-state index in [4.69, 9.17) is 4.74 Å². The third kappa shape index (κ3) is 1.64. The molecule has 3 atom stereocenters. The van der Waals surface area contributed by atoms with Gasteiger partial charge in [-0.1, -0.05) is 6.08 Å². The van der Waals surface area contributed by atoms with Crippen LogP contribution >= 0.6 is 0 Å². The minimum absolute atomic E-state index is 0.651. The first-order valence-electron chi connectivity index (χ1n) is 4.66. The molecule has 2 aliphatic rings. The van der Waals surface area contributed by atoms with Crippen LogP contribution in [-0.2, 0) is 4.74 Å². The van der Waals surface area contributed by atoms with Gasteiger partial charge in [0.2, 0.25) is 0 Å². The van der Waals surface area contributed by atoms with Crippen molar-refractivity contribution in [1.29, 1.82) is 0 Å². The van der Waals surface area contributed by atoms with Gasteiger partial charge in [0.1, 0.15) is 0 Å². The van der Waals surface area contributed by atoms with Crippen molar-refractivity contribution >= 4 is 0 Å². The largest absolute Gasteiger partial charge is 0.370 e. The van der Waals surface area contributed by atoms with E-state index in [2.05, 4.69) is 6.58 Å². The molecule has 2 fully saturated rings. The molecule has 1 nitrogen and oxygen atoms in total. The molecule has 11 heavy (non-hydrogen) atoms. The van der Waals surface area contributed by atoms with Crippen LogP contribution in [0.25, 0.3) is 0 Å². The molecule has 62 valence electrons. The summed E-state index contributed by atoms with van der Waals surface area (Å²) in [5.74, 6) is 0.928. The van der Waals surface area contributed by atoms with E-state index in [1.54, 1.807) is 0 Å². The summed E-state index contributed by atoms with van der Waals surface area (Å²) in [6, 6.07) is 0. The number of rotatable bonds is 3. The smallest absolute Gasteiger partial charge is 0.0844 e. The second-order valence-corrected chi connectivity index (χ2v) is 3.76. The predicted octanol–water partition coefficient (Wildman–Crippen LogP) is 2.52. The Morgan fingerprint density at radius 3 is 3.00 bits per heavy atom. The van der Waals surface area contributed by atoms with Gasteiger partial charge in [-0.3, -0.25) is 0 Å². The molecule has 0 aromatic heterocycles. The fourth-order valence-electron chi connectivity index (χ4n) is 2.10. The first-order valence-corrected chi connectivity index (χ1v) is 4.66. The average Bonchev–Trinajstić information content (AvgIpc) is 2.78. The van der Waals surface area contributed by atoms with Crippen molar-refractivity contribution in [3.63, 3.8) is 0 Å². The van der Waals surface area contributed by atoms with Crippen LogP contribution in [0.15, 0.2) is 12.7 Å². The Morgan fingerprint density at radius 1 is 1.36 bits per heavy atom. The van der Waals surface area contributed by atoms with Crippen LogP contribution in [-0.4, -0.2) is 12.2 Å². The van der Waals surface area contributed by atoms with E-state index in [1.807, 2.05) is 6.08 Å². The second-order valence-electron chi connectivity index (χ2n) is 3.76. The maximum absolute atomic E-state index is 5.46. The highest BCUT2D eigenvalue weighted by atomic mass is 16.6. The highest BCUT2D eigenvalue weighted by Gasteiger charge is 2.43. The molecule has 1 heterocycles. The van der Waals surface area contributed by atoms with Gasteiger partial charge in [-0.15, -0.1) is 6.58 Å². The minimum atomic E-state index is 0.651. The van der Waals surface area contributed by atoms with E-state index < -0.39 is 0 Å². The van der Waals surface area contributed by atoms with E-state index in [1.165, 1.54) is 32.1 Å². The van der Waals surface area contributed by atoms with Gasteiger partial charge in [0.25, 0.3) is 0 Å². The Balaban J connectivity index is 1.72. The number of allylic oxidation sites excluding steroid dienone is 1. The van der Waals surface area contributed by atoms with Crippen LogP contribution in [0.5, 0.6) is 0 Å². The van der Waals surface area contributed by atoms with Crippen LogP contribution in [0.3, 0.4) is 0 Å².